The van der Waals surface area contributed by atoms with Gasteiger partial charge in [-0.05, 0) is 11.6 Å². The number of amides is 4. The van der Waals surface area contributed by atoms with Crippen LogP contribution >= 0.6 is 0 Å². The first-order chi connectivity index (χ1) is 11.5. The Bertz CT molecular complexity index is 742. The van der Waals surface area contributed by atoms with Crippen molar-refractivity contribution in [2.45, 2.75) is 17.9 Å². The van der Waals surface area contributed by atoms with Crippen molar-refractivity contribution in [3.63, 3.8) is 0 Å². The van der Waals surface area contributed by atoms with Crippen LogP contribution < -0.4 is 20.7 Å². The van der Waals surface area contributed by atoms with E-state index in [2.05, 4.69) is 16.0 Å². The molecule has 1 atom stereocenters. The second-order valence-corrected chi connectivity index (χ2v) is 6.51. The van der Waals surface area contributed by atoms with Crippen LogP contribution in [0.15, 0.2) is 18.2 Å². The van der Waals surface area contributed by atoms with Gasteiger partial charge in [-0.25, -0.2) is 4.79 Å². The molecule has 1 aromatic rings. The Morgan fingerprint density at radius 2 is 2.12 bits per heavy atom. The summed E-state index contributed by atoms with van der Waals surface area (Å²) in [6, 6.07) is 5.21. The van der Waals surface area contributed by atoms with Gasteiger partial charge in [-0.2, -0.15) is 0 Å². The van der Waals surface area contributed by atoms with Gasteiger partial charge in [-0.3, -0.25) is 9.59 Å². The number of benzene rings is 1. The van der Waals surface area contributed by atoms with Gasteiger partial charge in [0.1, 0.15) is 5.75 Å². The third kappa shape index (κ3) is 2.17. The Morgan fingerprint density at radius 3 is 2.79 bits per heavy atom. The third-order valence-corrected chi connectivity index (χ3v) is 4.87. The molecule has 8 heteroatoms. The number of likely N-dealkylation sites (tertiary alicyclic amines) is 1. The normalized spacial score (nSPS) is 23.7. The van der Waals surface area contributed by atoms with Crippen LogP contribution in [0.1, 0.15) is 17.9 Å². The van der Waals surface area contributed by atoms with Crippen molar-refractivity contribution in [3.8, 4) is 5.75 Å². The fourth-order valence-electron chi connectivity index (χ4n) is 3.68. The SMILES string of the molecule is COc1cccc2c1NC(=O)CC2C(=O)N1CC2(CNC(=O)N2)C1. The van der Waals surface area contributed by atoms with E-state index in [4.69, 9.17) is 4.74 Å². The fraction of sp³-hybridized carbons (Fsp3) is 0.438. The number of para-hydroxylation sites is 1. The monoisotopic (exact) mass is 330 g/mol. The predicted octanol–water partition coefficient (Wildman–Crippen LogP) is 0.0148. The van der Waals surface area contributed by atoms with E-state index in [1.807, 2.05) is 12.1 Å². The molecule has 2 saturated heterocycles. The van der Waals surface area contributed by atoms with E-state index in [1.54, 1.807) is 11.0 Å². The van der Waals surface area contributed by atoms with Gasteiger partial charge in [0.25, 0.3) is 0 Å². The lowest BCUT2D eigenvalue weighted by atomic mass is 9.84. The topological polar surface area (TPSA) is 99.8 Å². The summed E-state index contributed by atoms with van der Waals surface area (Å²) < 4.78 is 5.28. The first kappa shape index (κ1) is 14.8. The molecule has 3 N–H and O–H groups in total. The van der Waals surface area contributed by atoms with Crippen molar-refractivity contribution in [1.29, 1.82) is 0 Å². The average Bonchev–Trinajstić information content (AvgIpc) is 2.93. The number of methoxy groups -OCH3 is 1. The summed E-state index contributed by atoms with van der Waals surface area (Å²) >= 11 is 0. The van der Waals surface area contributed by atoms with Gasteiger partial charge >= 0.3 is 6.03 Å². The number of ether oxygens (including phenoxy) is 1. The molecule has 0 bridgehead atoms. The zero-order valence-electron chi connectivity index (χ0n) is 13.2. The van der Waals surface area contributed by atoms with Crippen LogP contribution in [0, 0.1) is 0 Å². The second kappa shape index (κ2) is 5.12. The number of nitrogens with one attached hydrogen (secondary N) is 3. The minimum absolute atomic E-state index is 0.0915. The second-order valence-electron chi connectivity index (χ2n) is 6.51. The summed E-state index contributed by atoms with van der Waals surface area (Å²) in [5.74, 6) is -0.264. The summed E-state index contributed by atoms with van der Waals surface area (Å²) in [4.78, 5) is 37.9. The Hall–Kier alpha value is -2.77. The van der Waals surface area contributed by atoms with Crippen LogP contribution in [0.3, 0.4) is 0 Å². The molecule has 0 aliphatic carbocycles. The van der Waals surface area contributed by atoms with Crippen LogP contribution in [0.25, 0.3) is 0 Å². The lowest BCUT2D eigenvalue weighted by Gasteiger charge is -2.48. The molecule has 4 rings (SSSR count). The molecule has 3 heterocycles. The van der Waals surface area contributed by atoms with E-state index in [1.165, 1.54) is 7.11 Å². The number of rotatable bonds is 2. The number of carbonyl (C=O) groups excluding carboxylic acids is 3. The number of hydrogen-bond donors (Lipinski definition) is 3. The zero-order valence-corrected chi connectivity index (χ0v) is 13.2. The summed E-state index contributed by atoms with van der Waals surface area (Å²) in [5.41, 5.74) is 0.982. The van der Waals surface area contributed by atoms with Crippen molar-refractivity contribution in [1.82, 2.24) is 15.5 Å². The molecule has 0 radical (unpaired) electrons. The number of hydrogen-bond acceptors (Lipinski definition) is 4. The maximum Gasteiger partial charge on any atom is 0.315 e. The van der Waals surface area contributed by atoms with E-state index in [-0.39, 0.29) is 29.8 Å². The number of carbonyl (C=O) groups is 3. The number of nitrogens with zero attached hydrogens (tertiary/aromatic N) is 1. The molecule has 24 heavy (non-hydrogen) atoms. The Kier molecular flexibility index (Phi) is 3.16. The molecular weight excluding hydrogens is 312 g/mol. The molecule has 8 nitrogen and oxygen atoms in total. The molecular formula is C16H18N4O4. The minimum atomic E-state index is -0.522. The van der Waals surface area contributed by atoms with Gasteiger partial charge in [0.15, 0.2) is 0 Å². The van der Waals surface area contributed by atoms with Crippen LogP contribution in [0.5, 0.6) is 5.75 Å². The number of urea groups is 1. The first-order valence-corrected chi connectivity index (χ1v) is 7.83. The van der Waals surface area contributed by atoms with Gasteiger partial charge < -0.3 is 25.6 Å². The minimum Gasteiger partial charge on any atom is -0.495 e. The summed E-state index contributed by atoms with van der Waals surface area (Å²) in [6.45, 7) is 1.44. The molecule has 1 spiro atoms. The molecule has 3 aliphatic heterocycles. The Morgan fingerprint density at radius 1 is 1.33 bits per heavy atom. The highest BCUT2D eigenvalue weighted by atomic mass is 16.5. The third-order valence-electron chi connectivity index (χ3n) is 4.87. The Balaban J connectivity index is 1.56. The van der Waals surface area contributed by atoms with Crippen molar-refractivity contribution in [2.24, 2.45) is 0 Å². The number of fused-ring (bicyclic) bond motifs is 1. The van der Waals surface area contributed by atoms with E-state index < -0.39 is 5.92 Å². The molecule has 4 amide bonds. The molecule has 0 aromatic heterocycles. The van der Waals surface area contributed by atoms with Gasteiger partial charge in [0.2, 0.25) is 11.8 Å². The smallest absolute Gasteiger partial charge is 0.315 e. The highest BCUT2D eigenvalue weighted by molar-refractivity contribution is 6.02. The van der Waals surface area contributed by atoms with Gasteiger partial charge in [0, 0.05) is 26.1 Å². The number of anilines is 1. The average molecular weight is 330 g/mol. The highest BCUT2D eigenvalue weighted by Gasteiger charge is 2.51. The molecule has 0 saturated carbocycles. The quantitative estimate of drug-likeness (QED) is 0.711. The van der Waals surface area contributed by atoms with Crippen LogP contribution in [0.2, 0.25) is 0 Å². The van der Waals surface area contributed by atoms with Crippen LogP contribution in [-0.4, -0.2) is 55.0 Å². The van der Waals surface area contributed by atoms with E-state index in [9.17, 15) is 14.4 Å². The lowest BCUT2D eigenvalue weighted by molar-refractivity contribution is -0.142. The van der Waals surface area contributed by atoms with Crippen LogP contribution in [-0.2, 0) is 9.59 Å². The maximum absolute atomic E-state index is 12.9. The summed E-state index contributed by atoms with van der Waals surface area (Å²) in [7, 11) is 1.53. The standard InChI is InChI=1S/C16H18N4O4/c1-24-11-4-2-3-9-10(5-12(21)18-13(9)11)14(22)20-7-16(8-20)6-17-15(23)19-16/h2-4,10H,5-8H2,1H3,(H,18,21)(H2,17,19,23). The largest absolute Gasteiger partial charge is 0.495 e. The summed E-state index contributed by atoms with van der Waals surface area (Å²) in [5, 5.41) is 8.37. The molecule has 126 valence electrons. The highest BCUT2D eigenvalue weighted by Crippen LogP contribution is 2.40. The van der Waals surface area contributed by atoms with E-state index in [0.29, 0.717) is 31.1 Å². The van der Waals surface area contributed by atoms with Crippen LogP contribution in [0.4, 0.5) is 10.5 Å². The summed E-state index contributed by atoms with van der Waals surface area (Å²) in [6.07, 6.45) is 0.118. The molecule has 2 fully saturated rings. The van der Waals surface area contributed by atoms with E-state index >= 15 is 0 Å². The predicted molar refractivity (Wildman–Crippen MR) is 84.8 cm³/mol. The van der Waals surface area contributed by atoms with E-state index in [0.717, 1.165) is 5.56 Å². The molecule has 1 aromatic carbocycles. The van der Waals surface area contributed by atoms with Crippen molar-refractivity contribution < 1.29 is 19.1 Å². The van der Waals surface area contributed by atoms with Crippen molar-refractivity contribution in [2.75, 3.05) is 32.1 Å². The molecule has 3 aliphatic rings. The van der Waals surface area contributed by atoms with Gasteiger partial charge in [-0.15, -0.1) is 0 Å². The zero-order chi connectivity index (χ0) is 16.9. The maximum atomic E-state index is 12.9. The first-order valence-electron chi connectivity index (χ1n) is 7.83. The van der Waals surface area contributed by atoms with Crippen molar-refractivity contribution >= 4 is 23.5 Å². The molecule has 1 unspecified atom stereocenters. The van der Waals surface area contributed by atoms with Gasteiger partial charge in [0.05, 0.1) is 24.3 Å². The van der Waals surface area contributed by atoms with Crippen molar-refractivity contribution in [3.05, 3.63) is 23.8 Å². The fourth-order valence-corrected chi connectivity index (χ4v) is 3.68. The van der Waals surface area contributed by atoms with Gasteiger partial charge in [-0.1, -0.05) is 12.1 Å². The lowest BCUT2D eigenvalue weighted by Crippen LogP contribution is -2.70. The Labute approximate surface area is 138 Å².